The number of fused-ring (bicyclic) bond motifs is 3. The van der Waals surface area contributed by atoms with Crippen molar-refractivity contribution in [2.24, 2.45) is 0 Å². The van der Waals surface area contributed by atoms with Gasteiger partial charge < -0.3 is 24.4 Å². The normalized spacial score (nSPS) is 18.0. The van der Waals surface area contributed by atoms with Crippen molar-refractivity contribution in [3.05, 3.63) is 76.3 Å². The van der Waals surface area contributed by atoms with Gasteiger partial charge in [-0.05, 0) is 54.3 Å². The highest BCUT2D eigenvalue weighted by atomic mass is 31.1. The largest absolute Gasteiger partial charge is 0.492 e. The van der Waals surface area contributed by atoms with Crippen LogP contribution in [0.3, 0.4) is 0 Å². The van der Waals surface area contributed by atoms with Crippen molar-refractivity contribution in [2.45, 2.75) is 37.5 Å². The smallest absolute Gasteiger partial charge is 0.421 e. The van der Waals surface area contributed by atoms with Crippen LogP contribution < -0.4 is 24.8 Å². The molecule has 2 unspecified atom stereocenters. The fourth-order valence-corrected chi connectivity index (χ4v) is 8.68. The predicted octanol–water partition coefficient (Wildman–Crippen LogP) is 3.91. The summed E-state index contributed by atoms with van der Waals surface area (Å²) < 4.78 is 62.6. The monoisotopic (exact) mass is 544 g/mol. The van der Waals surface area contributed by atoms with Gasteiger partial charge in [0.05, 0.1) is 25.1 Å². The molecule has 3 aliphatic rings. The van der Waals surface area contributed by atoms with Crippen molar-refractivity contribution in [2.75, 3.05) is 32.6 Å². The maximum absolute atomic E-state index is 14.8. The lowest BCUT2D eigenvalue weighted by atomic mass is 9.95. The molecule has 3 heterocycles. The average molecular weight is 545 g/mol. The quantitative estimate of drug-likeness (QED) is 0.442. The maximum Gasteiger partial charge on any atom is 0.421 e. The third kappa shape index (κ3) is 4.23. The highest BCUT2D eigenvalue weighted by molar-refractivity contribution is 7.73. The zero-order valence-corrected chi connectivity index (χ0v) is 21.6. The molecule has 0 aromatic heterocycles. The zero-order valence-electron chi connectivity index (χ0n) is 20.7. The summed E-state index contributed by atoms with van der Waals surface area (Å²) in [5.74, 6) is 1.69. The molecule has 3 aliphatic heterocycles. The van der Waals surface area contributed by atoms with Crippen molar-refractivity contribution in [3.8, 4) is 17.2 Å². The van der Waals surface area contributed by atoms with Crippen molar-refractivity contribution < 1.29 is 37.6 Å². The molecule has 200 valence electrons. The van der Waals surface area contributed by atoms with Gasteiger partial charge in [0, 0.05) is 37.3 Å². The molecule has 0 amide bonds. The Morgan fingerprint density at radius 1 is 0.789 bits per heavy atom. The second-order valence-electron chi connectivity index (χ2n) is 9.88. The molecule has 0 fully saturated rings. The third-order valence-corrected chi connectivity index (χ3v) is 10.1. The number of alkyl halides is 3. The molecule has 0 saturated heterocycles. The van der Waals surface area contributed by atoms with Gasteiger partial charge in [-0.1, -0.05) is 36.4 Å². The molecule has 0 bridgehead atoms. The fraction of sp³-hybridized carbons (Fsp3) is 0.379. The molecule has 2 N–H and O–H groups in total. The summed E-state index contributed by atoms with van der Waals surface area (Å²) in [7, 11) is -1.89. The van der Waals surface area contributed by atoms with Crippen molar-refractivity contribution in [1.82, 2.24) is 0 Å². The molecule has 2 atom stereocenters. The summed E-state index contributed by atoms with van der Waals surface area (Å²) in [6.07, 6.45) is -3.23. The van der Waals surface area contributed by atoms with E-state index in [2.05, 4.69) is 0 Å². The Kier molecular flexibility index (Phi) is 6.53. The first-order valence-electron chi connectivity index (χ1n) is 12.8. The number of benzene rings is 3. The van der Waals surface area contributed by atoms with Gasteiger partial charge in [-0.15, -0.1) is 0 Å². The van der Waals surface area contributed by atoms with Crippen LogP contribution in [0.2, 0.25) is 0 Å². The fourth-order valence-electron chi connectivity index (χ4n) is 5.61. The van der Waals surface area contributed by atoms with Crippen molar-refractivity contribution in [3.63, 3.8) is 0 Å². The van der Waals surface area contributed by atoms with Crippen LogP contribution in [-0.2, 0) is 31.3 Å². The number of rotatable bonds is 7. The first-order chi connectivity index (χ1) is 18.3. The van der Waals surface area contributed by atoms with Crippen molar-refractivity contribution in [1.29, 1.82) is 0 Å². The molecule has 9 heteroatoms. The van der Waals surface area contributed by atoms with Gasteiger partial charge >= 0.3 is 6.18 Å². The average Bonchev–Trinajstić information content (AvgIpc) is 3.66. The molecular formula is C29H28F3O5P. The van der Waals surface area contributed by atoms with E-state index >= 15 is 0 Å². The van der Waals surface area contributed by atoms with E-state index < -0.39 is 25.9 Å². The van der Waals surface area contributed by atoms with Gasteiger partial charge in [-0.3, -0.25) is 0 Å². The summed E-state index contributed by atoms with van der Waals surface area (Å²) in [5.41, 5.74) is 0.299. The van der Waals surface area contributed by atoms with Gasteiger partial charge in [0.25, 0.3) is 0 Å². The second-order valence-corrected chi connectivity index (χ2v) is 12.0. The minimum absolute atomic E-state index is 0.0874. The molecule has 3 aromatic rings. The molecule has 6 rings (SSSR count). The topological polar surface area (TPSA) is 68.2 Å². The molecule has 0 aliphatic carbocycles. The van der Waals surface area contributed by atoms with Crippen LogP contribution >= 0.6 is 7.92 Å². The van der Waals surface area contributed by atoms with Crippen LogP contribution in [0, 0.1) is 0 Å². The summed E-state index contributed by atoms with van der Waals surface area (Å²) in [4.78, 5) is 0. The zero-order chi connectivity index (χ0) is 26.5. The van der Waals surface area contributed by atoms with E-state index in [9.17, 15) is 23.4 Å². The highest BCUT2D eigenvalue weighted by Gasteiger charge is 2.57. The van der Waals surface area contributed by atoms with Gasteiger partial charge in [0.1, 0.15) is 17.2 Å². The van der Waals surface area contributed by atoms with Crippen LogP contribution in [0.25, 0.3) is 0 Å². The molecule has 0 saturated carbocycles. The Balaban J connectivity index is 1.61. The predicted molar refractivity (Wildman–Crippen MR) is 139 cm³/mol. The lowest BCUT2D eigenvalue weighted by Gasteiger charge is -2.36. The third-order valence-electron chi connectivity index (χ3n) is 7.49. The van der Waals surface area contributed by atoms with E-state index in [1.54, 1.807) is 6.07 Å². The number of halogens is 3. The van der Waals surface area contributed by atoms with Gasteiger partial charge in [0.2, 0.25) is 0 Å². The lowest BCUT2D eigenvalue weighted by molar-refractivity contribution is -0.256. The Bertz CT molecular complexity index is 1330. The molecular weight excluding hydrogens is 516 g/mol. The van der Waals surface area contributed by atoms with Gasteiger partial charge in [-0.2, -0.15) is 13.2 Å². The Morgan fingerprint density at radius 2 is 1.37 bits per heavy atom. The highest BCUT2D eigenvalue weighted by Crippen LogP contribution is 2.55. The summed E-state index contributed by atoms with van der Waals surface area (Å²) in [6.45, 7) is 1.22. The summed E-state index contributed by atoms with van der Waals surface area (Å²) in [5, 5.41) is 22.4. The summed E-state index contributed by atoms with van der Waals surface area (Å²) >= 11 is 0. The van der Waals surface area contributed by atoms with Gasteiger partial charge in [-0.25, -0.2) is 0 Å². The molecule has 0 spiro atoms. The Labute approximate surface area is 219 Å². The number of hydrogen-bond acceptors (Lipinski definition) is 5. The summed E-state index contributed by atoms with van der Waals surface area (Å²) in [6, 6.07) is 13.1. The standard InChI is InChI=1S/C29H28F3O5P/c30-29(31,32)28(34,22-4-2-1-3-5-22)17-38(23-15-18(6-10-33)14-19-7-11-35-24(19)23)27-25-20(8-12-36-25)16-21-9-13-37-26(21)27/h1-5,14-16,33-34H,6-13,17H2. The SMILES string of the molecule is OCCc1cc2c(c(P(CC(O)(c3ccccc3)C(F)(F)F)c3c4c(cc5c3OCC5)CCO4)c1)OCC2. The van der Waals surface area contributed by atoms with E-state index in [1.807, 2.05) is 18.2 Å². The van der Waals surface area contributed by atoms with Crippen LogP contribution in [-0.4, -0.2) is 49.0 Å². The number of hydrogen-bond donors (Lipinski definition) is 2. The second kappa shape index (κ2) is 9.74. The minimum Gasteiger partial charge on any atom is -0.492 e. The lowest BCUT2D eigenvalue weighted by Crippen LogP contribution is -2.46. The van der Waals surface area contributed by atoms with Crippen LogP contribution in [0.4, 0.5) is 13.2 Å². The minimum atomic E-state index is -4.94. The van der Waals surface area contributed by atoms with Crippen LogP contribution in [0.1, 0.15) is 27.8 Å². The molecule has 0 radical (unpaired) electrons. The van der Waals surface area contributed by atoms with E-state index in [-0.39, 0.29) is 12.2 Å². The number of aliphatic hydroxyl groups excluding tert-OH is 1. The Morgan fingerprint density at radius 3 is 1.95 bits per heavy atom. The van der Waals surface area contributed by atoms with Crippen LogP contribution in [0.5, 0.6) is 17.2 Å². The molecule has 38 heavy (non-hydrogen) atoms. The van der Waals surface area contributed by atoms with E-state index in [0.717, 1.165) is 22.3 Å². The number of aliphatic hydroxyl groups is 2. The van der Waals surface area contributed by atoms with Crippen molar-refractivity contribution >= 4 is 18.5 Å². The van der Waals surface area contributed by atoms with E-state index in [0.29, 0.717) is 73.4 Å². The molecule has 5 nitrogen and oxygen atoms in total. The van der Waals surface area contributed by atoms with Gasteiger partial charge in [0.15, 0.2) is 5.60 Å². The first-order valence-corrected chi connectivity index (χ1v) is 14.3. The van der Waals surface area contributed by atoms with E-state index in [4.69, 9.17) is 14.2 Å². The van der Waals surface area contributed by atoms with E-state index in [1.165, 1.54) is 24.3 Å². The number of ether oxygens (including phenoxy) is 3. The molecule has 3 aromatic carbocycles. The first kappa shape index (κ1) is 25.5. The maximum atomic E-state index is 14.8. The van der Waals surface area contributed by atoms with Crippen LogP contribution in [0.15, 0.2) is 48.5 Å². The Hall–Kier alpha value is -2.80.